The first-order valence-corrected chi connectivity index (χ1v) is 6.93. The van der Waals surface area contributed by atoms with Gasteiger partial charge in [0.2, 0.25) is 0 Å². The van der Waals surface area contributed by atoms with E-state index in [9.17, 15) is 9.90 Å². The first-order valence-electron chi connectivity index (χ1n) is 6.93. The van der Waals surface area contributed by atoms with E-state index < -0.39 is 11.7 Å². The van der Waals surface area contributed by atoms with Crippen LogP contribution in [0.1, 0.15) is 48.0 Å². The van der Waals surface area contributed by atoms with Crippen molar-refractivity contribution in [2.24, 2.45) is 5.41 Å². The maximum absolute atomic E-state index is 11.5. The Bertz CT molecular complexity index is 270. The van der Waals surface area contributed by atoms with Crippen molar-refractivity contribution < 1.29 is 14.6 Å². The summed E-state index contributed by atoms with van der Waals surface area (Å²) in [6, 6.07) is 0.130. The molecule has 0 aromatic carbocycles. The Morgan fingerprint density at radius 3 is 2.32 bits per heavy atom. The van der Waals surface area contributed by atoms with E-state index in [0.29, 0.717) is 6.54 Å². The highest BCUT2D eigenvalue weighted by Crippen LogP contribution is 2.18. The first kappa shape index (κ1) is 18.2. The number of hydrogen-bond acceptors (Lipinski definition) is 4. The lowest BCUT2D eigenvalue weighted by Crippen LogP contribution is -2.45. The summed E-state index contributed by atoms with van der Waals surface area (Å²) in [5.74, 6) is 0. The van der Waals surface area contributed by atoms with Crippen LogP contribution < -0.4 is 10.6 Å². The molecule has 1 amide bonds. The Morgan fingerprint density at radius 1 is 1.32 bits per heavy atom. The average molecular weight is 274 g/mol. The van der Waals surface area contributed by atoms with Crippen LogP contribution in [0.15, 0.2) is 0 Å². The number of aliphatic hydroxyl groups is 1. The topological polar surface area (TPSA) is 70.6 Å². The molecule has 0 rings (SSSR count). The molecule has 19 heavy (non-hydrogen) atoms. The summed E-state index contributed by atoms with van der Waals surface area (Å²) >= 11 is 0. The Labute approximate surface area is 117 Å². The van der Waals surface area contributed by atoms with Gasteiger partial charge in [0.15, 0.2) is 0 Å². The van der Waals surface area contributed by atoms with Crippen LogP contribution >= 0.6 is 0 Å². The fraction of sp³-hybridized carbons (Fsp3) is 0.929. The van der Waals surface area contributed by atoms with Crippen LogP contribution in [0.2, 0.25) is 0 Å². The van der Waals surface area contributed by atoms with Gasteiger partial charge >= 0.3 is 6.09 Å². The van der Waals surface area contributed by atoms with E-state index in [0.717, 1.165) is 13.0 Å². The van der Waals surface area contributed by atoms with Crippen LogP contribution in [-0.4, -0.2) is 42.5 Å². The van der Waals surface area contributed by atoms with Gasteiger partial charge in [-0.3, -0.25) is 0 Å². The van der Waals surface area contributed by atoms with Crippen molar-refractivity contribution in [3.05, 3.63) is 0 Å². The number of amides is 1. The predicted molar refractivity (Wildman–Crippen MR) is 77.2 cm³/mol. The molecule has 0 fully saturated rings. The molecule has 0 aliphatic heterocycles. The van der Waals surface area contributed by atoms with Crippen LogP contribution in [0.3, 0.4) is 0 Å². The number of aliphatic hydroxyl groups excluding tert-OH is 1. The quantitative estimate of drug-likeness (QED) is 0.663. The van der Waals surface area contributed by atoms with Crippen LogP contribution in [0, 0.1) is 5.41 Å². The minimum Gasteiger partial charge on any atom is -0.444 e. The minimum absolute atomic E-state index is 0.111. The molecule has 0 radical (unpaired) electrons. The van der Waals surface area contributed by atoms with Gasteiger partial charge in [-0.2, -0.15) is 0 Å². The smallest absolute Gasteiger partial charge is 0.407 e. The normalized spacial score (nSPS) is 16.6. The van der Waals surface area contributed by atoms with E-state index in [-0.39, 0.29) is 18.1 Å². The number of nitrogens with one attached hydrogen (secondary N) is 2. The second-order valence-electron chi connectivity index (χ2n) is 6.49. The summed E-state index contributed by atoms with van der Waals surface area (Å²) in [4.78, 5) is 11.5. The number of alkyl carbamates (subject to hydrolysis) is 1. The second-order valence-corrected chi connectivity index (χ2v) is 6.49. The lowest BCUT2D eigenvalue weighted by atomic mass is 9.88. The van der Waals surface area contributed by atoms with Gasteiger partial charge in [0, 0.05) is 31.2 Å². The SMILES string of the molecule is CCC(C)(CO)CNC(C)CNC(=O)OC(C)(C)C. The number of carbonyl (C=O) groups is 1. The standard InChI is InChI=1S/C14H30N2O3/c1-7-14(6,10-17)9-16-11(2)8-15-12(18)19-13(3,4)5/h11,16-17H,7-10H2,1-6H3,(H,15,18). The largest absolute Gasteiger partial charge is 0.444 e. The third-order valence-corrected chi connectivity index (χ3v) is 3.06. The maximum atomic E-state index is 11.5. The Hall–Kier alpha value is -0.810. The zero-order valence-corrected chi connectivity index (χ0v) is 13.2. The molecule has 0 heterocycles. The summed E-state index contributed by atoms with van der Waals surface area (Å²) < 4.78 is 5.16. The Kier molecular flexibility index (Phi) is 7.37. The predicted octanol–water partition coefficient (Wildman–Crippen LogP) is 1.90. The Morgan fingerprint density at radius 2 is 1.89 bits per heavy atom. The third-order valence-electron chi connectivity index (χ3n) is 3.06. The van der Waals surface area contributed by atoms with Gasteiger partial charge < -0.3 is 20.5 Å². The number of carbonyl (C=O) groups excluding carboxylic acids is 1. The summed E-state index contributed by atoms with van der Waals surface area (Å²) in [6.07, 6.45) is 0.504. The van der Waals surface area contributed by atoms with Crippen molar-refractivity contribution in [1.29, 1.82) is 0 Å². The molecule has 0 aromatic rings. The van der Waals surface area contributed by atoms with Gasteiger partial charge in [0.05, 0.1) is 0 Å². The van der Waals surface area contributed by atoms with Crippen LogP contribution in [0.4, 0.5) is 4.79 Å². The highest BCUT2D eigenvalue weighted by molar-refractivity contribution is 5.67. The number of hydrogen-bond donors (Lipinski definition) is 3. The van der Waals surface area contributed by atoms with Crippen molar-refractivity contribution in [1.82, 2.24) is 10.6 Å². The summed E-state index contributed by atoms with van der Waals surface area (Å²) in [5.41, 5.74) is -0.585. The molecule has 0 spiro atoms. The lowest BCUT2D eigenvalue weighted by molar-refractivity contribution is 0.0521. The highest BCUT2D eigenvalue weighted by atomic mass is 16.6. The van der Waals surface area contributed by atoms with Gasteiger partial charge in [0.25, 0.3) is 0 Å². The molecule has 3 N–H and O–H groups in total. The van der Waals surface area contributed by atoms with Gasteiger partial charge in [-0.1, -0.05) is 13.8 Å². The monoisotopic (exact) mass is 274 g/mol. The molecule has 5 nitrogen and oxygen atoms in total. The van der Waals surface area contributed by atoms with Crippen LogP contribution in [-0.2, 0) is 4.74 Å². The van der Waals surface area contributed by atoms with Gasteiger partial charge in [0.1, 0.15) is 5.60 Å². The van der Waals surface area contributed by atoms with E-state index >= 15 is 0 Å². The summed E-state index contributed by atoms with van der Waals surface area (Å²) in [6.45, 7) is 13.0. The number of ether oxygens (including phenoxy) is 1. The molecular weight excluding hydrogens is 244 g/mol. The third kappa shape index (κ3) is 8.83. The van der Waals surface area contributed by atoms with Crippen molar-refractivity contribution in [3.63, 3.8) is 0 Å². The molecule has 2 atom stereocenters. The van der Waals surface area contributed by atoms with Gasteiger partial charge in [-0.15, -0.1) is 0 Å². The van der Waals surface area contributed by atoms with Crippen molar-refractivity contribution in [3.8, 4) is 0 Å². The second kappa shape index (κ2) is 7.70. The van der Waals surface area contributed by atoms with Crippen molar-refractivity contribution in [2.45, 2.75) is 59.6 Å². The molecule has 0 saturated heterocycles. The molecule has 0 aliphatic carbocycles. The lowest BCUT2D eigenvalue weighted by Gasteiger charge is -2.28. The zero-order chi connectivity index (χ0) is 15.1. The van der Waals surface area contributed by atoms with E-state index in [2.05, 4.69) is 17.6 Å². The molecule has 2 unspecified atom stereocenters. The maximum Gasteiger partial charge on any atom is 0.407 e. The highest BCUT2D eigenvalue weighted by Gasteiger charge is 2.22. The molecular formula is C14H30N2O3. The van der Waals surface area contributed by atoms with E-state index in [4.69, 9.17) is 4.74 Å². The minimum atomic E-state index is -0.474. The fourth-order valence-corrected chi connectivity index (χ4v) is 1.34. The van der Waals surface area contributed by atoms with Gasteiger partial charge in [-0.05, 0) is 34.1 Å². The van der Waals surface area contributed by atoms with Gasteiger partial charge in [-0.25, -0.2) is 4.79 Å². The molecule has 0 bridgehead atoms. The summed E-state index contributed by atoms with van der Waals surface area (Å²) in [7, 11) is 0. The fourth-order valence-electron chi connectivity index (χ4n) is 1.34. The molecule has 114 valence electrons. The van der Waals surface area contributed by atoms with Crippen LogP contribution in [0.25, 0.3) is 0 Å². The molecule has 0 aromatic heterocycles. The first-order chi connectivity index (χ1) is 8.62. The van der Waals surface area contributed by atoms with E-state index in [1.54, 1.807) is 0 Å². The average Bonchev–Trinajstić information content (AvgIpc) is 2.31. The molecule has 5 heteroatoms. The zero-order valence-electron chi connectivity index (χ0n) is 13.2. The molecule has 0 saturated carbocycles. The van der Waals surface area contributed by atoms with Crippen molar-refractivity contribution >= 4 is 6.09 Å². The van der Waals surface area contributed by atoms with Crippen molar-refractivity contribution in [2.75, 3.05) is 19.7 Å². The number of rotatable bonds is 7. The molecule has 0 aliphatic rings. The van der Waals surface area contributed by atoms with E-state index in [1.165, 1.54) is 0 Å². The van der Waals surface area contributed by atoms with E-state index in [1.807, 2.05) is 34.6 Å². The summed E-state index contributed by atoms with van der Waals surface area (Å²) in [5, 5.41) is 15.4. The Balaban J connectivity index is 3.94. The van der Waals surface area contributed by atoms with Crippen LogP contribution in [0.5, 0.6) is 0 Å².